The van der Waals surface area contributed by atoms with Gasteiger partial charge in [0.15, 0.2) is 0 Å². The topological polar surface area (TPSA) is 58.6 Å². The van der Waals surface area contributed by atoms with E-state index in [4.69, 9.17) is 4.74 Å². The van der Waals surface area contributed by atoms with Crippen LogP contribution in [-0.4, -0.2) is 43.0 Å². The number of carbonyl (C=O) groups is 2. The first kappa shape index (κ1) is 17.9. The SMILES string of the molecule is COCCN1C(=O)CC[C@@H](C(=O)NC2CCC2)[C@@H]1c1ccc(F)cc1. The molecular formula is C19H25FN2O3. The number of hydrogen-bond donors (Lipinski definition) is 1. The lowest BCUT2D eigenvalue weighted by atomic mass is 9.82. The molecule has 6 heteroatoms. The van der Waals surface area contributed by atoms with E-state index in [0.29, 0.717) is 26.0 Å². The highest BCUT2D eigenvalue weighted by Gasteiger charge is 2.41. The molecule has 1 N–H and O–H groups in total. The van der Waals surface area contributed by atoms with Crippen LogP contribution in [-0.2, 0) is 14.3 Å². The summed E-state index contributed by atoms with van der Waals surface area (Å²) in [5.74, 6) is -0.640. The minimum absolute atomic E-state index is 0.00561. The fraction of sp³-hybridized carbons (Fsp3) is 0.579. The summed E-state index contributed by atoms with van der Waals surface area (Å²) in [5.41, 5.74) is 0.791. The van der Waals surface area contributed by atoms with E-state index in [1.807, 2.05) is 0 Å². The van der Waals surface area contributed by atoms with Crippen molar-refractivity contribution in [1.82, 2.24) is 10.2 Å². The summed E-state index contributed by atoms with van der Waals surface area (Å²) < 4.78 is 18.5. The predicted octanol–water partition coefficient (Wildman–Crippen LogP) is 2.42. The number of rotatable bonds is 6. The van der Waals surface area contributed by atoms with Gasteiger partial charge in [-0.15, -0.1) is 0 Å². The lowest BCUT2D eigenvalue weighted by Gasteiger charge is -2.41. The number of benzene rings is 1. The highest BCUT2D eigenvalue weighted by molar-refractivity contribution is 5.85. The third kappa shape index (κ3) is 4.00. The number of ether oxygens (including phenoxy) is 1. The molecule has 0 bridgehead atoms. The third-order valence-corrected chi connectivity index (χ3v) is 5.24. The molecule has 136 valence electrons. The number of likely N-dealkylation sites (tertiary alicyclic amines) is 1. The van der Waals surface area contributed by atoms with Crippen LogP contribution in [0.3, 0.4) is 0 Å². The second-order valence-corrected chi connectivity index (χ2v) is 6.86. The smallest absolute Gasteiger partial charge is 0.225 e. The van der Waals surface area contributed by atoms with Gasteiger partial charge in [-0.2, -0.15) is 0 Å². The molecule has 1 aromatic rings. The number of amides is 2. The highest BCUT2D eigenvalue weighted by Crippen LogP contribution is 2.37. The maximum Gasteiger partial charge on any atom is 0.225 e. The van der Waals surface area contributed by atoms with Gasteiger partial charge in [-0.25, -0.2) is 4.39 Å². The second kappa shape index (κ2) is 7.95. The van der Waals surface area contributed by atoms with Gasteiger partial charge in [-0.3, -0.25) is 9.59 Å². The summed E-state index contributed by atoms with van der Waals surface area (Å²) >= 11 is 0. The van der Waals surface area contributed by atoms with Crippen LogP contribution in [0.15, 0.2) is 24.3 Å². The van der Waals surface area contributed by atoms with Gasteiger partial charge >= 0.3 is 0 Å². The standard InChI is InChI=1S/C19H25FN2O3/c1-25-12-11-22-17(23)10-9-16(19(24)21-15-3-2-4-15)18(22)13-5-7-14(20)8-6-13/h5-8,15-16,18H,2-4,9-12H2,1H3,(H,21,24)/t16-,18+/m1/s1. The largest absolute Gasteiger partial charge is 0.383 e. The average Bonchev–Trinajstić information content (AvgIpc) is 2.57. The van der Waals surface area contributed by atoms with Crippen molar-refractivity contribution in [3.63, 3.8) is 0 Å². The van der Waals surface area contributed by atoms with E-state index in [1.54, 1.807) is 24.1 Å². The van der Waals surface area contributed by atoms with Gasteiger partial charge < -0.3 is 15.0 Å². The Morgan fingerprint density at radius 2 is 2.00 bits per heavy atom. The molecule has 2 fully saturated rings. The minimum Gasteiger partial charge on any atom is -0.383 e. The predicted molar refractivity (Wildman–Crippen MR) is 91.2 cm³/mol. The normalized spacial score (nSPS) is 24.1. The van der Waals surface area contributed by atoms with E-state index < -0.39 is 0 Å². The molecule has 0 unspecified atom stereocenters. The van der Waals surface area contributed by atoms with Crippen LogP contribution in [0, 0.1) is 11.7 Å². The molecule has 1 saturated heterocycles. The minimum atomic E-state index is -0.378. The number of nitrogens with zero attached hydrogens (tertiary/aromatic N) is 1. The monoisotopic (exact) mass is 348 g/mol. The summed E-state index contributed by atoms with van der Waals surface area (Å²) in [4.78, 5) is 27.0. The molecule has 1 saturated carbocycles. The van der Waals surface area contributed by atoms with E-state index in [-0.39, 0.29) is 35.6 Å². The molecular weight excluding hydrogens is 323 g/mol. The van der Waals surface area contributed by atoms with Crippen molar-refractivity contribution in [1.29, 1.82) is 0 Å². The highest BCUT2D eigenvalue weighted by atomic mass is 19.1. The van der Waals surface area contributed by atoms with Crippen molar-refractivity contribution in [2.24, 2.45) is 5.92 Å². The molecule has 2 amide bonds. The molecule has 0 aromatic heterocycles. The Morgan fingerprint density at radius 3 is 2.60 bits per heavy atom. The summed E-state index contributed by atoms with van der Waals surface area (Å²) in [6.45, 7) is 0.824. The first-order chi connectivity index (χ1) is 12.1. The van der Waals surface area contributed by atoms with Crippen LogP contribution in [0.25, 0.3) is 0 Å². The van der Waals surface area contributed by atoms with E-state index in [9.17, 15) is 14.0 Å². The molecule has 1 aliphatic heterocycles. The number of piperidine rings is 1. The zero-order valence-electron chi connectivity index (χ0n) is 14.5. The lowest BCUT2D eigenvalue weighted by Crippen LogP contribution is -2.51. The number of carbonyl (C=O) groups excluding carboxylic acids is 2. The molecule has 0 radical (unpaired) electrons. The maximum atomic E-state index is 13.3. The Balaban J connectivity index is 1.86. The quantitative estimate of drug-likeness (QED) is 0.859. The van der Waals surface area contributed by atoms with Gasteiger partial charge in [0.1, 0.15) is 5.82 Å². The van der Waals surface area contributed by atoms with Gasteiger partial charge in [0.05, 0.1) is 18.6 Å². The van der Waals surface area contributed by atoms with Crippen molar-refractivity contribution in [2.45, 2.75) is 44.2 Å². The molecule has 25 heavy (non-hydrogen) atoms. The van der Waals surface area contributed by atoms with Crippen molar-refractivity contribution in [3.05, 3.63) is 35.6 Å². The Kier molecular flexibility index (Phi) is 5.68. The van der Waals surface area contributed by atoms with Gasteiger partial charge in [0.2, 0.25) is 11.8 Å². The molecule has 2 atom stereocenters. The van der Waals surface area contributed by atoms with Crippen LogP contribution < -0.4 is 5.32 Å². The lowest BCUT2D eigenvalue weighted by molar-refractivity contribution is -0.144. The fourth-order valence-electron chi connectivity index (χ4n) is 3.61. The molecule has 5 nitrogen and oxygen atoms in total. The molecule has 1 aromatic carbocycles. The van der Waals surface area contributed by atoms with Gasteiger partial charge in [0, 0.05) is 26.1 Å². The molecule has 2 aliphatic rings. The Labute approximate surface area is 147 Å². The van der Waals surface area contributed by atoms with Crippen molar-refractivity contribution in [2.75, 3.05) is 20.3 Å². The zero-order valence-corrected chi connectivity index (χ0v) is 14.5. The third-order valence-electron chi connectivity index (χ3n) is 5.24. The Morgan fingerprint density at radius 1 is 1.28 bits per heavy atom. The number of methoxy groups -OCH3 is 1. The Hall–Kier alpha value is -1.95. The van der Waals surface area contributed by atoms with Gasteiger partial charge in [-0.05, 0) is 43.4 Å². The van der Waals surface area contributed by atoms with E-state index in [2.05, 4.69) is 5.32 Å². The first-order valence-electron chi connectivity index (χ1n) is 8.94. The second-order valence-electron chi connectivity index (χ2n) is 6.86. The summed E-state index contributed by atoms with van der Waals surface area (Å²) in [5, 5.41) is 3.11. The van der Waals surface area contributed by atoms with E-state index in [0.717, 1.165) is 24.8 Å². The summed E-state index contributed by atoms with van der Waals surface area (Å²) in [6.07, 6.45) is 4.06. The number of halogens is 1. The number of nitrogens with one attached hydrogen (secondary N) is 1. The molecule has 0 spiro atoms. The summed E-state index contributed by atoms with van der Waals surface area (Å²) in [7, 11) is 1.59. The molecule has 1 heterocycles. The van der Waals surface area contributed by atoms with Gasteiger partial charge in [0.25, 0.3) is 0 Å². The molecule has 1 aliphatic carbocycles. The first-order valence-corrected chi connectivity index (χ1v) is 8.94. The van der Waals surface area contributed by atoms with Crippen molar-refractivity contribution >= 4 is 11.8 Å². The van der Waals surface area contributed by atoms with Crippen LogP contribution in [0.4, 0.5) is 4.39 Å². The van der Waals surface area contributed by atoms with Crippen LogP contribution in [0.2, 0.25) is 0 Å². The van der Waals surface area contributed by atoms with Crippen molar-refractivity contribution < 1.29 is 18.7 Å². The average molecular weight is 348 g/mol. The molecule has 3 rings (SSSR count). The van der Waals surface area contributed by atoms with E-state index in [1.165, 1.54) is 12.1 Å². The zero-order chi connectivity index (χ0) is 17.8. The Bertz CT molecular complexity index is 616. The van der Waals surface area contributed by atoms with E-state index >= 15 is 0 Å². The maximum absolute atomic E-state index is 13.3. The number of hydrogen-bond acceptors (Lipinski definition) is 3. The van der Waals surface area contributed by atoms with Crippen LogP contribution in [0.1, 0.15) is 43.7 Å². The van der Waals surface area contributed by atoms with Crippen LogP contribution in [0.5, 0.6) is 0 Å². The van der Waals surface area contributed by atoms with Crippen molar-refractivity contribution in [3.8, 4) is 0 Å². The fourth-order valence-corrected chi connectivity index (χ4v) is 3.61. The summed E-state index contributed by atoms with van der Waals surface area (Å²) in [6, 6.07) is 5.97. The van der Waals surface area contributed by atoms with Gasteiger partial charge in [-0.1, -0.05) is 12.1 Å². The van der Waals surface area contributed by atoms with Crippen LogP contribution >= 0.6 is 0 Å².